The van der Waals surface area contributed by atoms with E-state index < -0.39 is 17.8 Å². The van der Waals surface area contributed by atoms with Crippen LogP contribution in [-0.4, -0.2) is 17.8 Å². The molecule has 2 aromatic carbocycles. The molecule has 1 aliphatic rings. The molecule has 0 aromatic heterocycles. The first-order chi connectivity index (χ1) is 13.5. The van der Waals surface area contributed by atoms with Crippen molar-refractivity contribution in [2.75, 3.05) is 0 Å². The molecule has 0 bridgehead atoms. The lowest BCUT2D eigenvalue weighted by atomic mass is 10.1. The van der Waals surface area contributed by atoms with Crippen LogP contribution in [0, 0.1) is 11.3 Å². The molecule has 3 rings (SSSR count). The quantitative estimate of drug-likeness (QED) is 0.618. The fraction of sp³-hybridized carbons (Fsp3) is 0.0476. The molecule has 0 aliphatic carbocycles. The molecule has 2 N–H and O–H groups in total. The number of hydrogen-bond donors (Lipinski definition) is 2. The maximum atomic E-state index is 11.6. The number of ether oxygens (including phenoxy) is 1. The lowest BCUT2D eigenvalue weighted by Crippen LogP contribution is -2.51. The van der Waals surface area contributed by atoms with Gasteiger partial charge in [-0.2, -0.15) is 5.26 Å². The largest absolute Gasteiger partial charge is 0.489 e. The lowest BCUT2D eigenvalue weighted by Gasteiger charge is -2.12. The number of hydrogen-bond acceptors (Lipinski definition) is 5. The number of benzene rings is 2. The third-order valence-corrected chi connectivity index (χ3v) is 3.86. The van der Waals surface area contributed by atoms with Crippen molar-refractivity contribution in [2.24, 2.45) is 0 Å². The second kappa shape index (κ2) is 8.47. The van der Waals surface area contributed by atoms with E-state index in [9.17, 15) is 14.4 Å². The Labute approximate surface area is 160 Å². The third kappa shape index (κ3) is 4.71. The van der Waals surface area contributed by atoms with Crippen LogP contribution >= 0.6 is 0 Å². The SMILES string of the molecule is N#Cc1ccc(COc2ccc(/C=C/C=C3C(=O)NC(=O)NC3=O)cc2)cc1. The zero-order valence-electron chi connectivity index (χ0n) is 14.6. The highest BCUT2D eigenvalue weighted by atomic mass is 16.5. The van der Waals surface area contributed by atoms with Crippen molar-refractivity contribution >= 4 is 23.9 Å². The number of nitrogens with one attached hydrogen (secondary N) is 2. The van der Waals surface area contributed by atoms with E-state index >= 15 is 0 Å². The monoisotopic (exact) mass is 373 g/mol. The van der Waals surface area contributed by atoms with Gasteiger partial charge in [0.15, 0.2) is 0 Å². The molecular weight excluding hydrogens is 358 g/mol. The van der Waals surface area contributed by atoms with E-state index in [1.54, 1.807) is 36.4 Å². The minimum Gasteiger partial charge on any atom is -0.489 e. The predicted octanol–water partition coefficient (Wildman–Crippen LogP) is 2.44. The number of amides is 4. The molecule has 138 valence electrons. The fourth-order valence-electron chi connectivity index (χ4n) is 2.40. The molecule has 4 amide bonds. The van der Waals surface area contributed by atoms with Gasteiger partial charge in [-0.15, -0.1) is 0 Å². The summed E-state index contributed by atoms with van der Waals surface area (Å²) in [7, 11) is 0. The number of rotatable bonds is 5. The van der Waals surface area contributed by atoms with Gasteiger partial charge in [0.2, 0.25) is 0 Å². The van der Waals surface area contributed by atoms with Gasteiger partial charge in [0.05, 0.1) is 11.6 Å². The molecule has 0 spiro atoms. The molecule has 1 aliphatic heterocycles. The van der Waals surface area contributed by atoms with Crippen molar-refractivity contribution in [2.45, 2.75) is 6.61 Å². The number of imide groups is 2. The lowest BCUT2D eigenvalue weighted by molar-refractivity contribution is -0.124. The minimum atomic E-state index is -0.826. The molecule has 0 saturated carbocycles. The number of barbiturate groups is 1. The second-order valence-corrected chi connectivity index (χ2v) is 5.84. The van der Waals surface area contributed by atoms with Crippen LogP contribution in [-0.2, 0) is 16.2 Å². The zero-order chi connectivity index (χ0) is 19.9. The van der Waals surface area contributed by atoms with Crippen LogP contribution in [0.2, 0.25) is 0 Å². The van der Waals surface area contributed by atoms with E-state index in [4.69, 9.17) is 10.00 Å². The van der Waals surface area contributed by atoms with Crippen LogP contribution in [0.25, 0.3) is 6.08 Å². The Balaban J connectivity index is 1.58. The topological polar surface area (TPSA) is 108 Å². The van der Waals surface area contributed by atoms with Gasteiger partial charge >= 0.3 is 6.03 Å². The number of nitrogens with zero attached hydrogens (tertiary/aromatic N) is 1. The molecular formula is C21H15N3O4. The molecule has 28 heavy (non-hydrogen) atoms. The highest BCUT2D eigenvalue weighted by Crippen LogP contribution is 2.15. The van der Waals surface area contributed by atoms with Crippen LogP contribution in [0.4, 0.5) is 4.79 Å². The summed E-state index contributed by atoms with van der Waals surface area (Å²) in [5, 5.41) is 12.8. The Hall–Kier alpha value is -4.18. The van der Waals surface area contributed by atoms with Crippen LogP contribution in [0.3, 0.4) is 0 Å². The van der Waals surface area contributed by atoms with Crippen molar-refractivity contribution in [3.8, 4) is 11.8 Å². The summed E-state index contributed by atoms with van der Waals surface area (Å²) in [4.78, 5) is 34.2. The molecule has 1 heterocycles. The van der Waals surface area contributed by atoms with Crippen LogP contribution in [0.1, 0.15) is 16.7 Å². The summed E-state index contributed by atoms with van der Waals surface area (Å²) >= 11 is 0. The fourth-order valence-corrected chi connectivity index (χ4v) is 2.40. The van der Waals surface area contributed by atoms with Gasteiger partial charge < -0.3 is 4.74 Å². The first kappa shape index (κ1) is 18.6. The summed E-state index contributed by atoms with van der Waals surface area (Å²) in [5.41, 5.74) is 2.26. The standard InChI is InChI=1S/C21H15N3O4/c22-12-15-4-6-16(7-5-15)13-28-17-10-8-14(9-11-17)2-1-3-18-19(25)23-21(27)24-20(18)26/h1-11H,13H2,(H2,23,24,25,26,27)/b2-1+. The van der Waals surface area contributed by atoms with E-state index in [0.29, 0.717) is 17.9 Å². The number of nitriles is 1. The Morgan fingerprint density at radius 1 is 0.929 bits per heavy atom. The number of allylic oxidation sites excluding steroid dienone is 2. The van der Waals surface area contributed by atoms with Crippen LogP contribution in [0.15, 0.2) is 66.3 Å². The molecule has 0 atom stereocenters. The molecule has 7 heteroatoms. The van der Waals surface area contributed by atoms with Crippen molar-refractivity contribution in [1.82, 2.24) is 10.6 Å². The summed E-state index contributed by atoms with van der Waals surface area (Å²) in [6.07, 6.45) is 4.61. The number of carbonyl (C=O) groups is 3. The maximum absolute atomic E-state index is 11.6. The molecule has 2 aromatic rings. The second-order valence-electron chi connectivity index (χ2n) is 5.84. The highest BCUT2D eigenvalue weighted by molar-refractivity contribution is 6.29. The van der Waals surface area contributed by atoms with Gasteiger partial charge in [-0.3, -0.25) is 20.2 Å². The van der Waals surface area contributed by atoms with Gasteiger partial charge in [-0.1, -0.05) is 36.4 Å². The first-order valence-electron chi connectivity index (χ1n) is 8.32. The zero-order valence-corrected chi connectivity index (χ0v) is 14.6. The van der Waals surface area contributed by atoms with Crippen molar-refractivity contribution in [3.05, 3.63) is 82.9 Å². The van der Waals surface area contributed by atoms with Gasteiger partial charge in [-0.25, -0.2) is 4.79 Å². The summed E-state index contributed by atoms with van der Waals surface area (Å²) in [5.74, 6) is -0.778. The molecule has 0 radical (unpaired) electrons. The summed E-state index contributed by atoms with van der Waals surface area (Å²) in [6.45, 7) is 0.385. The smallest absolute Gasteiger partial charge is 0.328 e. The van der Waals surface area contributed by atoms with Gasteiger partial charge in [0.25, 0.3) is 11.8 Å². The van der Waals surface area contributed by atoms with Gasteiger partial charge in [-0.05, 0) is 41.5 Å². The highest BCUT2D eigenvalue weighted by Gasteiger charge is 2.26. The van der Waals surface area contributed by atoms with Crippen molar-refractivity contribution < 1.29 is 19.1 Å². The van der Waals surface area contributed by atoms with Crippen molar-refractivity contribution in [1.29, 1.82) is 5.26 Å². The Kier molecular flexibility index (Phi) is 5.63. The van der Waals surface area contributed by atoms with Gasteiger partial charge in [0.1, 0.15) is 17.9 Å². The van der Waals surface area contributed by atoms with E-state index in [-0.39, 0.29) is 5.57 Å². The number of carbonyl (C=O) groups excluding carboxylic acids is 3. The normalized spacial score (nSPS) is 13.7. The van der Waals surface area contributed by atoms with Crippen molar-refractivity contribution in [3.63, 3.8) is 0 Å². The summed E-state index contributed by atoms with van der Waals surface area (Å²) in [6, 6.07) is 15.7. The predicted molar refractivity (Wildman–Crippen MR) is 101 cm³/mol. The molecule has 1 saturated heterocycles. The van der Waals surface area contributed by atoms with E-state index in [0.717, 1.165) is 11.1 Å². The average molecular weight is 373 g/mol. The first-order valence-corrected chi connectivity index (χ1v) is 8.32. The Morgan fingerprint density at radius 2 is 1.57 bits per heavy atom. The van der Waals surface area contributed by atoms with Gasteiger partial charge in [0, 0.05) is 0 Å². The Morgan fingerprint density at radius 3 is 2.18 bits per heavy atom. The number of urea groups is 1. The maximum Gasteiger partial charge on any atom is 0.328 e. The van der Waals surface area contributed by atoms with Crippen LogP contribution < -0.4 is 15.4 Å². The minimum absolute atomic E-state index is 0.141. The average Bonchev–Trinajstić information content (AvgIpc) is 2.69. The van der Waals surface area contributed by atoms with Crippen LogP contribution in [0.5, 0.6) is 5.75 Å². The van der Waals surface area contributed by atoms with E-state index in [1.807, 2.05) is 34.9 Å². The molecule has 1 fully saturated rings. The van der Waals surface area contributed by atoms with E-state index in [2.05, 4.69) is 6.07 Å². The third-order valence-electron chi connectivity index (χ3n) is 3.86. The van der Waals surface area contributed by atoms with E-state index in [1.165, 1.54) is 6.08 Å². The molecule has 7 nitrogen and oxygen atoms in total. The molecule has 0 unspecified atom stereocenters. The summed E-state index contributed by atoms with van der Waals surface area (Å²) < 4.78 is 5.70. The Bertz CT molecular complexity index is 991.